The minimum Gasteiger partial charge on any atom is -0.378 e. The Bertz CT molecular complexity index is 859. The van der Waals surface area contributed by atoms with Gasteiger partial charge in [0.15, 0.2) is 0 Å². The molecule has 4 heterocycles. The molecule has 6 heteroatoms. The molecule has 0 aromatic carbocycles. The van der Waals surface area contributed by atoms with Crippen LogP contribution in [0.2, 0.25) is 0 Å². The number of carbonyl (C=O) groups excluding carboxylic acids is 1. The summed E-state index contributed by atoms with van der Waals surface area (Å²) < 4.78 is 5.47. The molecule has 0 amide bonds. The topological polar surface area (TPSA) is 55.3 Å². The van der Waals surface area contributed by atoms with Crippen LogP contribution in [0.5, 0.6) is 0 Å². The van der Waals surface area contributed by atoms with E-state index in [1.807, 2.05) is 24.4 Å². The molecule has 1 aliphatic heterocycles. The fourth-order valence-electron chi connectivity index (χ4n) is 2.87. The molecule has 0 bridgehead atoms. The molecule has 3 aromatic rings. The number of morpholine rings is 1. The molecule has 0 atom stereocenters. The van der Waals surface area contributed by atoms with Crippen molar-refractivity contribution in [2.45, 2.75) is 0 Å². The van der Waals surface area contributed by atoms with Gasteiger partial charge in [0.05, 0.1) is 23.1 Å². The number of anilines is 1. The molecule has 25 heavy (non-hydrogen) atoms. The number of ether oxygens (including phenoxy) is 1. The van der Waals surface area contributed by atoms with Gasteiger partial charge in [0.25, 0.3) is 0 Å². The lowest BCUT2D eigenvalue weighted by molar-refractivity contribution is 0.104. The van der Waals surface area contributed by atoms with Crippen LogP contribution in [0.15, 0.2) is 55.1 Å². The first kappa shape index (κ1) is 15.9. The minimum atomic E-state index is 0.0250. The van der Waals surface area contributed by atoms with Gasteiger partial charge in [-0.25, -0.2) is 0 Å². The van der Waals surface area contributed by atoms with Gasteiger partial charge in [0.1, 0.15) is 0 Å². The quantitative estimate of drug-likeness (QED) is 0.675. The Morgan fingerprint density at radius 1 is 1.08 bits per heavy atom. The Morgan fingerprint density at radius 2 is 1.88 bits per heavy atom. The van der Waals surface area contributed by atoms with Crippen molar-refractivity contribution in [3.63, 3.8) is 0 Å². The standard InChI is InChI=1S/C19H17N3O2S/c23-18(14-3-6-20-7-4-14)17-12-16(15-2-1-5-21-13-15)19(25-17)22-8-10-24-11-9-22/h1-7,12-13H,8-11H2. The molecule has 3 aromatic heterocycles. The molecule has 1 fully saturated rings. The number of rotatable bonds is 4. The monoisotopic (exact) mass is 351 g/mol. The molecule has 0 N–H and O–H groups in total. The molecule has 126 valence electrons. The van der Waals surface area contributed by atoms with E-state index in [0.29, 0.717) is 18.8 Å². The molecule has 0 saturated carbocycles. The predicted octanol–water partition coefficient (Wildman–Crippen LogP) is 3.27. The average molecular weight is 351 g/mol. The number of aromatic nitrogens is 2. The van der Waals surface area contributed by atoms with E-state index < -0.39 is 0 Å². The third-order valence-corrected chi connectivity index (χ3v) is 5.34. The predicted molar refractivity (Wildman–Crippen MR) is 98.3 cm³/mol. The zero-order valence-electron chi connectivity index (χ0n) is 13.6. The third kappa shape index (κ3) is 3.31. The largest absolute Gasteiger partial charge is 0.378 e. The van der Waals surface area contributed by atoms with Gasteiger partial charge in [-0.2, -0.15) is 0 Å². The number of hydrogen-bond donors (Lipinski definition) is 0. The number of carbonyl (C=O) groups is 1. The molecular weight excluding hydrogens is 334 g/mol. The van der Waals surface area contributed by atoms with E-state index in [-0.39, 0.29) is 5.78 Å². The van der Waals surface area contributed by atoms with Crippen molar-refractivity contribution in [3.05, 3.63) is 65.6 Å². The van der Waals surface area contributed by atoms with Gasteiger partial charge >= 0.3 is 0 Å². The Morgan fingerprint density at radius 3 is 2.60 bits per heavy atom. The van der Waals surface area contributed by atoms with E-state index in [0.717, 1.165) is 34.1 Å². The van der Waals surface area contributed by atoms with E-state index in [1.165, 1.54) is 11.3 Å². The van der Waals surface area contributed by atoms with Crippen LogP contribution >= 0.6 is 11.3 Å². The Hall–Kier alpha value is -2.57. The van der Waals surface area contributed by atoms with Crippen LogP contribution in [-0.4, -0.2) is 42.1 Å². The van der Waals surface area contributed by atoms with Gasteiger partial charge in [-0.05, 0) is 24.3 Å². The van der Waals surface area contributed by atoms with E-state index in [2.05, 4.69) is 14.9 Å². The summed E-state index contributed by atoms with van der Waals surface area (Å²) >= 11 is 1.54. The lowest BCUT2D eigenvalue weighted by Gasteiger charge is -2.28. The zero-order chi connectivity index (χ0) is 17.1. The van der Waals surface area contributed by atoms with Crippen molar-refractivity contribution < 1.29 is 9.53 Å². The first-order chi connectivity index (χ1) is 12.3. The first-order valence-electron chi connectivity index (χ1n) is 8.14. The molecule has 5 nitrogen and oxygen atoms in total. The maximum absolute atomic E-state index is 12.8. The summed E-state index contributed by atoms with van der Waals surface area (Å²) in [6.45, 7) is 3.07. The highest BCUT2D eigenvalue weighted by molar-refractivity contribution is 7.18. The first-order valence-corrected chi connectivity index (χ1v) is 8.96. The fraction of sp³-hybridized carbons (Fsp3) is 0.211. The van der Waals surface area contributed by atoms with Crippen LogP contribution in [0.4, 0.5) is 5.00 Å². The summed E-state index contributed by atoms with van der Waals surface area (Å²) in [6, 6.07) is 9.43. The van der Waals surface area contributed by atoms with E-state index in [4.69, 9.17) is 4.74 Å². The lowest BCUT2D eigenvalue weighted by Crippen LogP contribution is -2.35. The smallest absolute Gasteiger partial charge is 0.203 e. The van der Waals surface area contributed by atoms with Crippen LogP contribution in [0.3, 0.4) is 0 Å². The normalized spacial score (nSPS) is 14.5. The summed E-state index contributed by atoms with van der Waals surface area (Å²) in [5.41, 5.74) is 2.73. The highest BCUT2D eigenvalue weighted by Gasteiger charge is 2.22. The SMILES string of the molecule is O=C(c1ccncc1)c1cc(-c2cccnc2)c(N2CCOCC2)s1. The van der Waals surface area contributed by atoms with Crippen molar-refractivity contribution in [1.82, 2.24) is 9.97 Å². The number of thiophene rings is 1. The van der Waals surface area contributed by atoms with Gasteiger partial charge in [-0.1, -0.05) is 6.07 Å². The van der Waals surface area contributed by atoms with E-state index >= 15 is 0 Å². The molecule has 0 unspecified atom stereocenters. The Labute approximate surface area is 149 Å². The number of ketones is 1. The highest BCUT2D eigenvalue weighted by atomic mass is 32.1. The number of hydrogen-bond acceptors (Lipinski definition) is 6. The summed E-state index contributed by atoms with van der Waals surface area (Å²) in [6.07, 6.45) is 6.89. The average Bonchev–Trinajstić information content (AvgIpc) is 3.15. The molecule has 0 spiro atoms. The van der Waals surface area contributed by atoms with Crippen molar-refractivity contribution in [3.8, 4) is 11.1 Å². The second-order valence-corrected chi connectivity index (χ2v) is 6.77. The van der Waals surface area contributed by atoms with Gasteiger partial charge in [-0.15, -0.1) is 11.3 Å². The van der Waals surface area contributed by atoms with Crippen molar-refractivity contribution in [2.75, 3.05) is 31.2 Å². The fourth-order valence-corrected chi connectivity index (χ4v) is 4.06. The van der Waals surface area contributed by atoms with Crippen molar-refractivity contribution in [2.24, 2.45) is 0 Å². The Kier molecular flexibility index (Phi) is 4.54. The summed E-state index contributed by atoms with van der Waals surface area (Å²) in [7, 11) is 0. The maximum atomic E-state index is 12.8. The van der Waals surface area contributed by atoms with Crippen LogP contribution in [0.1, 0.15) is 15.2 Å². The van der Waals surface area contributed by atoms with E-state index in [9.17, 15) is 4.79 Å². The van der Waals surface area contributed by atoms with Crippen LogP contribution < -0.4 is 4.90 Å². The van der Waals surface area contributed by atoms with Gasteiger partial charge in [0.2, 0.25) is 5.78 Å². The second kappa shape index (κ2) is 7.13. The zero-order valence-corrected chi connectivity index (χ0v) is 14.4. The lowest BCUT2D eigenvalue weighted by atomic mass is 10.1. The van der Waals surface area contributed by atoms with Gasteiger partial charge in [0, 0.05) is 54.6 Å². The molecule has 4 rings (SSSR count). The number of nitrogens with zero attached hydrogens (tertiary/aromatic N) is 3. The molecule has 0 aliphatic carbocycles. The highest BCUT2D eigenvalue weighted by Crippen LogP contribution is 2.39. The summed E-state index contributed by atoms with van der Waals surface area (Å²) in [5.74, 6) is 0.0250. The van der Waals surface area contributed by atoms with Gasteiger partial charge in [-0.3, -0.25) is 14.8 Å². The third-order valence-electron chi connectivity index (χ3n) is 4.15. The van der Waals surface area contributed by atoms with Crippen molar-refractivity contribution >= 4 is 22.1 Å². The van der Waals surface area contributed by atoms with E-state index in [1.54, 1.807) is 30.7 Å². The van der Waals surface area contributed by atoms with Gasteiger partial charge < -0.3 is 9.64 Å². The second-order valence-electron chi connectivity index (χ2n) is 5.74. The molecule has 0 radical (unpaired) electrons. The van der Waals surface area contributed by atoms with Crippen molar-refractivity contribution in [1.29, 1.82) is 0 Å². The summed E-state index contributed by atoms with van der Waals surface area (Å²) in [4.78, 5) is 24.1. The summed E-state index contributed by atoms with van der Waals surface area (Å²) in [5, 5.41) is 1.11. The molecule has 1 saturated heterocycles. The maximum Gasteiger partial charge on any atom is 0.203 e. The van der Waals surface area contributed by atoms with Crippen LogP contribution in [-0.2, 0) is 4.74 Å². The molecular formula is C19H17N3O2S. The molecule has 1 aliphatic rings. The van der Waals surface area contributed by atoms with Crippen LogP contribution in [0.25, 0.3) is 11.1 Å². The Balaban J connectivity index is 1.76. The van der Waals surface area contributed by atoms with Crippen LogP contribution in [0, 0.1) is 0 Å². The number of pyridine rings is 2. The minimum absolute atomic E-state index is 0.0250.